The van der Waals surface area contributed by atoms with Crippen LogP contribution < -0.4 is 11.1 Å². The average Bonchev–Trinajstić information content (AvgIpc) is 3.18. The van der Waals surface area contributed by atoms with E-state index in [9.17, 15) is 9.59 Å². The number of anilines is 1. The van der Waals surface area contributed by atoms with Crippen LogP contribution in [0.2, 0.25) is 0 Å². The number of benzene rings is 1. The number of para-hydroxylation sites is 1. The van der Waals surface area contributed by atoms with Crippen LogP contribution in [0.4, 0.5) is 5.13 Å². The minimum atomic E-state index is -0.574. The third kappa shape index (κ3) is 2.72. The van der Waals surface area contributed by atoms with Crippen LogP contribution in [-0.4, -0.2) is 26.6 Å². The second-order valence-electron chi connectivity index (χ2n) is 4.32. The van der Waals surface area contributed by atoms with Gasteiger partial charge in [-0.3, -0.25) is 14.9 Å². The van der Waals surface area contributed by atoms with E-state index in [0.717, 1.165) is 11.3 Å². The summed E-state index contributed by atoms with van der Waals surface area (Å²) in [6.07, 6.45) is 4.72. The van der Waals surface area contributed by atoms with E-state index in [1.165, 1.54) is 6.20 Å². The summed E-state index contributed by atoms with van der Waals surface area (Å²) < 4.78 is 1.60. The normalized spacial score (nSPS) is 10.4. The van der Waals surface area contributed by atoms with Gasteiger partial charge in [0.25, 0.3) is 11.8 Å². The smallest absolute Gasteiger partial charge is 0.260 e. The van der Waals surface area contributed by atoms with Crippen molar-refractivity contribution >= 4 is 28.3 Å². The lowest BCUT2D eigenvalue weighted by Crippen LogP contribution is -2.15. The number of carbonyl (C=O) groups excluding carboxylic acids is 2. The van der Waals surface area contributed by atoms with Gasteiger partial charge in [-0.25, -0.2) is 9.67 Å². The van der Waals surface area contributed by atoms with Gasteiger partial charge in [0.05, 0.1) is 17.4 Å². The van der Waals surface area contributed by atoms with Crippen LogP contribution >= 0.6 is 11.3 Å². The van der Waals surface area contributed by atoms with E-state index >= 15 is 0 Å². The lowest BCUT2D eigenvalue weighted by atomic mass is 10.1. The zero-order valence-corrected chi connectivity index (χ0v) is 12.1. The van der Waals surface area contributed by atoms with Crippen LogP contribution in [0.15, 0.2) is 48.9 Å². The molecule has 0 aliphatic carbocycles. The summed E-state index contributed by atoms with van der Waals surface area (Å²) >= 11 is 1.03. The Morgan fingerprint density at radius 1 is 1.23 bits per heavy atom. The standard InChI is InChI=1S/C14H11N5O2S/c15-12(20)11-8-16-14(22-11)18-13(21)9-4-1-2-5-10(9)19-7-3-6-17-19/h1-8H,(H2,15,20)(H,16,18,21). The van der Waals surface area contributed by atoms with Crippen LogP contribution in [-0.2, 0) is 0 Å². The van der Waals surface area contributed by atoms with Gasteiger partial charge in [-0.2, -0.15) is 5.10 Å². The third-order valence-corrected chi connectivity index (χ3v) is 3.80. The zero-order chi connectivity index (χ0) is 15.5. The molecule has 1 aromatic carbocycles. The Hall–Kier alpha value is -3.00. The van der Waals surface area contributed by atoms with E-state index < -0.39 is 5.91 Å². The molecule has 0 fully saturated rings. The summed E-state index contributed by atoms with van der Waals surface area (Å²) in [7, 11) is 0. The van der Waals surface area contributed by atoms with E-state index in [1.807, 2.05) is 6.07 Å². The monoisotopic (exact) mass is 313 g/mol. The number of nitrogens with zero attached hydrogens (tertiary/aromatic N) is 3. The van der Waals surface area contributed by atoms with E-state index in [1.54, 1.807) is 41.3 Å². The molecule has 2 aromatic heterocycles. The van der Waals surface area contributed by atoms with Crippen molar-refractivity contribution in [1.29, 1.82) is 0 Å². The number of amides is 2. The van der Waals surface area contributed by atoms with Crippen molar-refractivity contribution in [3.63, 3.8) is 0 Å². The van der Waals surface area contributed by atoms with Crippen molar-refractivity contribution in [2.24, 2.45) is 5.73 Å². The number of aromatic nitrogens is 3. The van der Waals surface area contributed by atoms with Gasteiger partial charge in [0.1, 0.15) is 4.88 Å². The summed E-state index contributed by atoms with van der Waals surface area (Å²) in [5.41, 5.74) is 6.26. The molecule has 2 amide bonds. The van der Waals surface area contributed by atoms with Gasteiger partial charge in [-0.05, 0) is 18.2 Å². The van der Waals surface area contributed by atoms with Crippen LogP contribution in [0.1, 0.15) is 20.0 Å². The van der Waals surface area contributed by atoms with Gasteiger partial charge in [0, 0.05) is 12.4 Å². The highest BCUT2D eigenvalue weighted by molar-refractivity contribution is 7.17. The molecule has 0 saturated heterocycles. The Labute approximate surface area is 129 Å². The first-order valence-electron chi connectivity index (χ1n) is 6.31. The first kappa shape index (κ1) is 14.0. The highest BCUT2D eigenvalue weighted by Crippen LogP contribution is 2.20. The molecule has 0 aliphatic heterocycles. The van der Waals surface area contributed by atoms with E-state index in [0.29, 0.717) is 16.4 Å². The van der Waals surface area contributed by atoms with Crippen LogP contribution in [0, 0.1) is 0 Å². The lowest BCUT2D eigenvalue weighted by Gasteiger charge is -2.08. The van der Waals surface area contributed by atoms with Gasteiger partial charge in [-0.15, -0.1) is 0 Å². The maximum atomic E-state index is 12.4. The maximum Gasteiger partial charge on any atom is 0.260 e. The van der Waals surface area contributed by atoms with E-state index in [-0.39, 0.29) is 10.8 Å². The minimum absolute atomic E-state index is 0.288. The van der Waals surface area contributed by atoms with E-state index in [4.69, 9.17) is 5.73 Å². The Kier molecular flexibility index (Phi) is 3.67. The highest BCUT2D eigenvalue weighted by atomic mass is 32.1. The van der Waals surface area contributed by atoms with Crippen molar-refractivity contribution in [2.45, 2.75) is 0 Å². The fraction of sp³-hybridized carbons (Fsp3) is 0. The number of carbonyl (C=O) groups is 2. The molecular formula is C14H11N5O2S. The molecule has 2 heterocycles. The number of nitrogens with one attached hydrogen (secondary N) is 1. The predicted molar refractivity (Wildman–Crippen MR) is 82.1 cm³/mol. The molecule has 0 saturated carbocycles. The molecule has 3 aromatic rings. The average molecular weight is 313 g/mol. The van der Waals surface area contributed by atoms with Crippen molar-refractivity contribution in [3.05, 3.63) is 59.4 Å². The molecule has 0 atom stereocenters. The first-order chi connectivity index (χ1) is 10.6. The van der Waals surface area contributed by atoms with Crippen molar-refractivity contribution < 1.29 is 9.59 Å². The molecule has 7 nitrogen and oxygen atoms in total. The Bertz CT molecular complexity index is 825. The van der Waals surface area contributed by atoms with E-state index in [2.05, 4.69) is 15.4 Å². The number of hydrogen-bond donors (Lipinski definition) is 2. The number of rotatable bonds is 4. The summed E-state index contributed by atoms with van der Waals surface area (Å²) in [5.74, 6) is -0.911. The predicted octanol–water partition coefficient (Wildman–Crippen LogP) is 1.68. The van der Waals surface area contributed by atoms with Crippen LogP contribution in [0.25, 0.3) is 5.69 Å². The van der Waals surface area contributed by atoms with Gasteiger partial charge in [0.15, 0.2) is 5.13 Å². The molecule has 0 bridgehead atoms. The number of thiazole rings is 1. The Morgan fingerprint density at radius 3 is 2.73 bits per heavy atom. The van der Waals surface area contributed by atoms with Gasteiger partial charge in [0.2, 0.25) is 0 Å². The first-order valence-corrected chi connectivity index (χ1v) is 7.13. The fourth-order valence-electron chi connectivity index (χ4n) is 1.89. The molecular weight excluding hydrogens is 302 g/mol. The number of nitrogens with two attached hydrogens (primary N) is 1. The molecule has 3 N–H and O–H groups in total. The molecule has 8 heteroatoms. The van der Waals surface area contributed by atoms with Gasteiger partial charge < -0.3 is 5.73 Å². The molecule has 22 heavy (non-hydrogen) atoms. The minimum Gasteiger partial charge on any atom is -0.365 e. The Morgan fingerprint density at radius 2 is 2.05 bits per heavy atom. The SMILES string of the molecule is NC(=O)c1cnc(NC(=O)c2ccccc2-n2cccn2)s1. The second kappa shape index (κ2) is 5.78. The second-order valence-corrected chi connectivity index (χ2v) is 5.35. The molecule has 0 spiro atoms. The van der Waals surface area contributed by atoms with Gasteiger partial charge >= 0.3 is 0 Å². The number of primary amides is 1. The summed E-state index contributed by atoms with van der Waals surface area (Å²) in [4.78, 5) is 27.7. The summed E-state index contributed by atoms with van der Waals surface area (Å²) in [6, 6.07) is 8.84. The van der Waals surface area contributed by atoms with Crippen LogP contribution in [0.5, 0.6) is 0 Å². The molecule has 0 unspecified atom stereocenters. The lowest BCUT2D eigenvalue weighted by molar-refractivity contribution is 0.100. The molecule has 0 radical (unpaired) electrons. The molecule has 0 aliphatic rings. The highest BCUT2D eigenvalue weighted by Gasteiger charge is 2.15. The summed E-state index contributed by atoms with van der Waals surface area (Å²) in [6.45, 7) is 0. The molecule has 3 rings (SSSR count). The van der Waals surface area contributed by atoms with Crippen molar-refractivity contribution in [2.75, 3.05) is 5.32 Å². The fourth-order valence-corrected chi connectivity index (χ4v) is 2.55. The Balaban J connectivity index is 1.88. The molecule has 110 valence electrons. The number of hydrogen-bond acceptors (Lipinski definition) is 5. The maximum absolute atomic E-state index is 12.4. The zero-order valence-electron chi connectivity index (χ0n) is 11.3. The third-order valence-electron chi connectivity index (χ3n) is 2.87. The largest absolute Gasteiger partial charge is 0.365 e. The van der Waals surface area contributed by atoms with Crippen LogP contribution in [0.3, 0.4) is 0 Å². The van der Waals surface area contributed by atoms with Gasteiger partial charge in [-0.1, -0.05) is 23.5 Å². The quantitative estimate of drug-likeness (QED) is 0.764. The van der Waals surface area contributed by atoms with Crippen molar-refractivity contribution in [1.82, 2.24) is 14.8 Å². The summed E-state index contributed by atoms with van der Waals surface area (Å²) in [5, 5.41) is 7.10. The van der Waals surface area contributed by atoms with Crippen molar-refractivity contribution in [3.8, 4) is 5.69 Å². The topological polar surface area (TPSA) is 103 Å².